The van der Waals surface area contributed by atoms with Gasteiger partial charge < -0.3 is 5.32 Å². The van der Waals surface area contributed by atoms with Crippen LogP contribution in [0.4, 0.5) is 5.69 Å². The van der Waals surface area contributed by atoms with Gasteiger partial charge in [-0.3, -0.25) is 4.79 Å². The zero-order valence-corrected chi connectivity index (χ0v) is 14.4. The zero-order chi connectivity index (χ0) is 16.2. The van der Waals surface area contributed by atoms with Crippen molar-refractivity contribution in [2.24, 2.45) is 11.3 Å². The fourth-order valence-corrected chi connectivity index (χ4v) is 3.05. The first-order valence-corrected chi connectivity index (χ1v) is 8.54. The normalized spacial score (nSPS) is 21.2. The van der Waals surface area contributed by atoms with E-state index in [9.17, 15) is 4.79 Å². The molecule has 0 amide bonds. The van der Waals surface area contributed by atoms with Crippen molar-refractivity contribution in [3.05, 3.63) is 41.6 Å². The van der Waals surface area contributed by atoms with Gasteiger partial charge in [0.25, 0.3) is 0 Å². The molecule has 2 rings (SSSR count). The molecule has 1 N–H and O–H groups in total. The average Bonchev–Trinajstić information content (AvgIpc) is 2.54. The number of hydrogen-bond acceptors (Lipinski definition) is 2. The van der Waals surface area contributed by atoms with Gasteiger partial charge in [-0.15, -0.1) is 0 Å². The van der Waals surface area contributed by atoms with Crippen molar-refractivity contribution in [1.82, 2.24) is 0 Å². The summed E-state index contributed by atoms with van der Waals surface area (Å²) in [6.07, 6.45) is 6.76. The van der Waals surface area contributed by atoms with Crippen molar-refractivity contribution >= 4 is 11.5 Å². The van der Waals surface area contributed by atoms with Crippen LogP contribution >= 0.6 is 0 Å². The Morgan fingerprint density at radius 2 is 1.91 bits per heavy atom. The second-order valence-corrected chi connectivity index (χ2v) is 7.07. The third-order valence-corrected chi connectivity index (χ3v) is 5.34. The first-order valence-electron chi connectivity index (χ1n) is 8.54. The fraction of sp³-hybridized carbons (Fsp3) is 0.550. The molecule has 120 valence electrons. The molecule has 2 nitrogen and oxygen atoms in total. The summed E-state index contributed by atoms with van der Waals surface area (Å²) < 4.78 is 0. The van der Waals surface area contributed by atoms with Gasteiger partial charge in [0.05, 0.1) is 0 Å². The number of allylic oxidation sites excluding steroid dienone is 1. The molecule has 0 aliphatic heterocycles. The van der Waals surface area contributed by atoms with Crippen LogP contribution in [-0.4, -0.2) is 5.78 Å². The Kier molecular flexibility index (Phi) is 5.44. The Morgan fingerprint density at radius 1 is 1.23 bits per heavy atom. The van der Waals surface area contributed by atoms with Crippen molar-refractivity contribution in [1.29, 1.82) is 0 Å². The van der Waals surface area contributed by atoms with Crippen molar-refractivity contribution in [2.75, 3.05) is 5.32 Å². The summed E-state index contributed by atoms with van der Waals surface area (Å²) >= 11 is 0. The van der Waals surface area contributed by atoms with Crippen LogP contribution in [0.1, 0.15) is 58.9 Å². The summed E-state index contributed by atoms with van der Waals surface area (Å²) in [4.78, 5) is 12.2. The molecular weight excluding hydrogens is 270 g/mol. The Morgan fingerprint density at radius 3 is 2.50 bits per heavy atom. The van der Waals surface area contributed by atoms with E-state index in [1.54, 1.807) is 0 Å². The molecule has 0 unspecified atom stereocenters. The van der Waals surface area contributed by atoms with Crippen LogP contribution in [0, 0.1) is 11.3 Å². The standard InChI is InChI=1S/C20H29NO/c1-5-15-7-10-18(11-8-15)21-14-16-13-17(9-12-19(16)22)20(3,4)6-2/h7-8,10-11,14,17,21H,5-6,9,12-13H2,1-4H3/b16-14+/t17-/m0/s1. The fourth-order valence-electron chi connectivity index (χ4n) is 3.05. The Hall–Kier alpha value is -1.57. The highest BCUT2D eigenvalue weighted by Crippen LogP contribution is 2.41. The predicted molar refractivity (Wildman–Crippen MR) is 93.9 cm³/mol. The van der Waals surface area contributed by atoms with Gasteiger partial charge in [-0.2, -0.15) is 0 Å². The summed E-state index contributed by atoms with van der Waals surface area (Å²) in [6, 6.07) is 8.42. The maximum atomic E-state index is 12.2. The summed E-state index contributed by atoms with van der Waals surface area (Å²) in [5.41, 5.74) is 3.64. The largest absolute Gasteiger partial charge is 0.361 e. The van der Waals surface area contributed by atoms with E-state index in [1.807, 2.05) is 6.20 Å². The van der Waals surface area contributed by atoms with E-state index in [0.29, 0.717) is 23.5 Å². The molecule has 1 atom stereocenters. The van der Waals surface area contributed by atoms with E-state index in [2.05, 4.69) is 57.3 Å². The number of hydrogen-bond donors (Lipinski definition) is 1. The summed E-state index contributed by atoms with van der Waals surface area (Å²) in [7, 11) is 0. The topological polar surface area (TPSA) is 29.1 Å². The molecule has 1 aromatic rings. The summed E-state index contributed by atoms with van der Waals surface area (Å²) in [5, 5.41) is 3.30. The maximum absolute atomic E-state index is 12.2. The van der Waals surface area contributed by atoms with Crippen LogP contribution in [0.15, 0.2) is 36.0 Å². The van der Waals surface area contributed by atoms with Gasteiger partial charge in [0.2, 0.25) is 0 Å². The average molecular weight is 299 g/mol. The van der Waals surface area contributed by atoms with Gasteiger partial charge in [-0.05, 0) is 48.3 Å². The van der Waals surface area contributed by atoms with E-state index < -0.39 is 0 Å². The minimum atomic E-state index is 0.306. The smallest absolute Gasteiger partial charge is 0.160 e. The van der Waals surface area contributed by atoms with Crippen LogP contribution in [0.2, 0.25) is 0 Å². The molecule has 2 heteroatoms. The van der Waals surface area contributed by atoms with Crippen LogP contribution in [0.3, 0.4) is 0 Å². The third-order valence-electron chi connectivity index (χ3n) is 5.34. The van der Waals surface area contributed by atoms with E-state index in [4.69, 9.17) is 0 Å². The molecule has 1 aromatic carbocycles. The number of carbonyl (C=O) groups is 1. The number of carbonyl (C=O) groups excluding carboxylic acids is 1. The number of aryl methyl sites for hydroxylation is 1. The number of nitrogens with one attached hydrogen (secondary N) is 1. The lowest BCUT2D eigenvalue weighted by Gasteiger charge is -2.36. The summed E-state index contributed by atoms with van der Waals surface area (Å²) in [6.45, 7) is 9.04. The first kappa shape index (κ1) is 16.8. The second kappa shape index (κ2) is 7.13. The number of ketones is 1. The zero-order valence-electron chi connectivity index (χ0n) is 14.4. The van der Waals surface area contributed by atoms with Crippen LogP contribution < -0.4 is 5.32 Å². The summed E-state index contributed by atoms with van der Waals surface area (Å²) in [5.74, 6) is 0.909. The van der Waals surface area contributed by atoms with Gasteiger partial charge in [-0.25, -0.2) is 0 Å². The molecule has 0 heterocycles. The number of anilines is 1. The van der Waals surface area contributed by atoms with Gasteiger partial charge in [0, 0.05) is 23.9 Å². The van der Waals surface area contributed by atoms with Crippen molar-refractivity contribution in [2.45, 2.75) is 59.8 Å². The lowest BCUT2D eigenvalue weighted by molar-refractivity contribution is -0.117. The van der Waals surface area contributed by atoms with Crippen LogP contribution in [0.5, 0.6) is 0 Å². The monoisotopic (exact) mass is 299 g/mol. The number of rotatable bonds is 5. The molecular formula is C20H29NO. The Balaban J connectivity index is 2.06. The molecule has 0 spiro atoms. The van der Waals surface area contributed by atoms with Crippen LogP contribution in [0.25, 0.3) is 0 Å². The van der Waals surface area contributed by atoms with Crippen molar-refractivity contribution < 1.29 is 4.79 Å². The number of benzene rings is 1. The van der Waals surface area contributed by atoms with Gasteiger partial charge in [-0.1, -0.05) is 46.2 Å². The minimum Gasteiger partial charge on any atom is -0.361 e. The predicted octanol–water partition coefficient (Wildman–Crippen LogP) is 5.35. The highest BCUT2D eigenvalue weighted by atomic mass is 16.1. The molecule has 0 radical (unpaired) electrons. The van der Waals surface area contributed by atoms with Crippen molar-refractivity contribution in [3.8, 4) is 0 Å². The molecule has 1 fully saturated rings. The minimum absolute atomic E-state index is 0.306. The quantitative estimate of drug-likeness (QED) is 0.742. The van der Waals surface area contributed by atoms with E-state index in [-0.39, 0.29) is 0 Å². The number of Topliss-reactive ketones (excluding diaryl/α,β-unsaturated/α-hetero) is 1. The second-order valence-electron chi connectivity index (χ2n) is 7.07. The van der Waals surface area contributed by atoms with Gasteiger partial charge in [0.1, 0.15) is 0 Å². The first-order chi connectivity index (χ1) is 10.5. The SMILES string of the molecule is CCc1ccc(N/C=C2\C[C@@H](C(C)(C)CC)CCC2=O)cc1. The molecule has 0 aromatic heterocycles. The molecule has 1 saturated carbocycles. The van der Waals surface area contributed by atoms with Crippen molar-refractivity contribution in [3.63, 3.8) is 0 Å². The highest BCUT2D eigenvalue weighted by molar-refractivity contribution is 5.96. The molecule has 1 aliphatic rings. The lowest BCUT2D eigenvalue weighted by atomic mass is 9.68. The molecule has 0 saturated heterocycles. The Bertz CT molecular complexity index is 539. The molecule has 0 bridgehead atoms. The van der Waals surface area contributed by atoms with Crippen LogP contribution in [-0.2, 0) is 11.2 Å². The van der Waals surface area contributed by atoms with E-state index in [1.165, 1.54) is 5.56 Å². The maximum Gasteiger partial charge on any atom is 0.160 e. The van der Waals surface area contributed by atoms with E-state index >= 15 is 0 Å². The lowest BCUT2D eigenvalue weighted by Crippen LogP contribution is -2.29. The third kappa shape index (κ3) is 4.00. The van der Waals surface area contributed by atoms with Gasteiger partial charge in [0.15, 0.2) is 5.78 Å². The molecule has 22 heavy (non-hydrogen) atoms. The highest BCUT2D eigenvalue weighted by Gasteiger charge is 2.33. The van der Waals surface area contributed by atoms with Gasteiger partial charge >= 0.3 is 0 Å². The van der Waals surface area contributed by atoms with E-state index in [0.717, 1.165) is 36.9 Å². The molecule has 1 aliphatic carbocycles. The Labute approximate surface area is 135 Å².